The first-order valence-corrected chi connectivity index (χ1v) is 6.95. The minimum atomic E-state index is -1.25. The highest BCUT2D eigenvalue weighted by Gasteiger charge is 2.29. The van der Waals surface area contributed by atoms with Gasteiger partial charge in [-0.05, 0) is 24.1 Å². The molecule has 4 nitrogen and oxygen atoms in total. The fourth-order valence-electron chi connectivity index (χ4n) is 2.00. The van der Waals surface area contributed by atoms with Gasteiger partial charge in [0.25, 0.3) is 0 Å². The third-order valence-electron chi connectivity index (χ3n) is 2.90. The Bertz CT molecular complexity index is 450. The first kappa shape index (κ1) is 15.6. The molecule has 0 fully saturated rings. The fourth-order valence-corrected chi connectivity index (χ4v) is 2.34. The first-order chi connectivity index (χ1) is 8.99. The van der Waals surface area contributed by atoms with Gasteiger partial charge in [-0.3, -0.25) is 4.79 Å². The van der Waals surface area contributed by atoms with Gasteiger partial charge in [0.2, 0.25) is 0 Å². The van der Waals surface area contributed by atoms with E-state index < -0.39 is 12.1 Å². The van der Waals surface area contributed by atoms with Crippen LogP contribution >= 0.6 is 15.9 Å². The molecule has 1 aromatic rings. The van der Waals surface area contributed by atoms with Crippen LogP contribution < -0.4 is 5.32 Å². The van der Waals surface area contributed by atoms with E-state index in [4.69, 9.17) is 5.11 Å². The van der Waals surface area contributed by atoms with Crippen molar-refractivity contribution in [2.75, 3.05) is 5.33 Å². The monoisotopic (exact) mass is 331 g/mol. The average Bonchev–Trinajstić information content (AvgIpc) is 2.39. The van der Waals surface area contributed by atoms with Gasteiger partial charge in [-0.1, -0.05) is 35.0 Å². The number of ketones is 1. The van der Waals surface area contributed by atoms with Crippen LogP contribution in [0.4, 0.5) is 9.18 Å². The van der Waals surface area contributed by atoms with Crippen molar-refractivity contribution in [3.05, 3.63) is 35.6 Å². The van der Waals surface area contributed by atoms with Crippen LogP contribution in [0.2, 0.25) is 0 Å². The summed E-state index contributed by atoms with van der Waals surface area (Å²) in [6.07, 6.45) is -0.685. The summed E-state index contributed by atoms with van der Waals surface area (Å²) in [6.45, 7) is 1.85. The molecule has 1 aromatic carbocycles. The third kappa shape index (κ3) is 4.31. The minimum absolute atomic E-state index is 0.0651. The molecule has 0 aromatic heterocycles. The number of halogens is 2. The molecule has 1 rings (SSSR count). The lowest BCUT2D eigenvalue weighted by Gasteiger charge is -2.25. The lowest BCUT2D eigenvalue weighted by Crippen LogP contribution is -2.44. The molecule has 0 radical (unpaired) electrons. The molecular formula is C13H15BrFNO3. The summed E-state index contributed by atoms with van der Waals surface area (Å²) >= 11 is 3.04. The van der Waals surface area contributed by atoms with Gasteiger partial charge in [-0.15, -0.1) is 0 Å². The Morgan fingerprint density at radius 3 is 2.37 bits per heavy atom. The Kier molecular flexibility index (Phi) is 5.95. The van der Waals surface area contributed by atoms with Crippen molar-refractivity contribution in [2.45, 2.75) is 25.3 Å². The number of carbonyl (C=O) groups is 2. The Morgan fingerprint density at radius 1 is 1.37 bits per heavy atom. The number of amides is 1. The Morgan fingerprint density at radius 2 is 1.95 bits per heavy atom. The lowest BCUT2D eigenvalue weighted by molar-refractivity contribution is -0.118. The van der Waals surface area contributed by atoms with Gasteiger partial charge >= 0.3 is 6.09 Å². The number of hydrogen-bond acceptors (Lipinski definition) is 2. The van der Waals surface area contributed by atoms with Gasteiger partial charge < -0.3 is 10.4 Å². The molecule has 104 valence electrons. The zero-order valence-corrected chi connectivity index (χ0v) is 12.0. The topological polar surface area (TPSA) is 66.4 Å². The predicted octanol–water partition coefficient (Wildman–Crippen LogP) is 2.92. The van der Waals surface area contributed by atoms with E-state index in [1.807, 2.05) is 6.92 Å². The smallest absolute Gasteiger partial charge is 0.405 e. The molecule has 0 saturated heterocycles. The van der Waals surface area contributed by atoms with Crippen molar-refractivity contribution >= 4 is 27.8 Å². The predicted molar refractivity (Wildman–Crippen MR) is 73.2 cm³/mol. The minimum Gasteiger partial charge on any atom is -0.465 e. The summed E-state index contributed by atoms with van der Waals surface area (Å²) in [5.74, 6) is -0.937. The van der Waals surface area contributed by atoms with E-state index in [2.05, 4.69) is 21.2 Å². The van der Waals surface area contributed by atoms with Crippen LogP contribution in [0.1, 0.15) is 24.8 Å². The number of benzene rings is 1. The molecule has 0 aliphatic carbocycles. The second kappa shape index (κ2) is 7.23. The highest BCUT2D eigenvalue weighted by molar-refractivity contribution is 9.09. The first-order valence-electron chi connectivity index (χ1n) is 5.83. The molecule has 0 aliphatic rings. The quantitative estimate of drug-likeness (QED) is 0.787. The van der Waals surface area contributed by atoms with Crippen molar-refractivity contribution < 1.29 is 19.1 Å². The molecule has 1 unspecified atom stereocenters. The average molecular weight is 332 g/mol. The normalized spacial score (nSPS) is 13.6. The molecule has 0 bridgehead atoms. The van der Waals surface area contributed by atoms with Crippen LogP contribution in [0.25, 0.3) is 0 Å². The molecule has 6 heteroatoms. The van der Waals surface area contributed by atoms with Crippen molar-refractivity contribution in [3.8, 4) is 0 Å². The maximum absolute atomic E-state index is 12.9. The summed E-state index contributed by atoms with van der Waals surface area (Å²) in [5.41, 5.74) is 0.733. The van der Waals surface area contributed by atoms with Gasteiger partial charge in [0.1, 0.15) is 5.82 Å². The van der Waals surface area contributed by atoms with Crippen molar-refractivity contribution in [1.82, 2.24) is 5.32 Å². The SMILES string of the molecule is CC[C@@H](c1ccc(F)cc1)C(NC(=O)O)C(=O)CBr. The summed E-state index contributed by atoms with van der Waals surface area (Å²) in [7, 11) is 0. The highest BCUT2D eigenvalue weighted by Crippen LogP contribution is 2.24. The maximum atomic E-state index is 12.9. The van der Waals surface area contributed by atoms with E-state index >= 15 is 0 Å². The van der Waals surface area contributed by atoms with E-state index in [0.29, 0.717) is 6.42 Å². The van der Waals surface area contributed by atoms with Gasteiger partial charge in [0, 0.05) is 5.92 Å². The molecule has 0 spiro atoms. The van der Waals surface area contributed by atoms with Crippen LogP contribution in [-0.4, -0.2) is 28.4 Å². The second-order valence-electron chi connectivity index (χ2n) is 4.09. The molecule has 0 aliphatic heterocycles. The molecule has 0 saturated carbocycles. The van der Waals surface area contributed by atoms with Gasteiger partial charge in [0.15, 0.2) is 5.78 Å². The maximum Gasteiger partial charge on any atom is 0.405 e. The number of carboxylic acid groups (broad SMARTS) is 1. The molecule has 2 atom stereocenters. The second-order valence-corrected chi connectivity index (χ2v) is 4.65. The van der Waals surface area contributed by atoms with Crippen LogP contribution in [0, 0.1) is 5.82 Å². The van der Waals surface area contributed by atoms with Crippen LogP contribution in [0.3, 0.4) is 0 Å². The van der Waals surface area contributed by atoms with Crippen LogP contribution in [0.15, 0.2) is 24.3 Å². The number of hydrogen-bond donors (Lipinski definition) is 2. The van der Waals surface area contributed by atoms with Crippen LogP contribution in [-0.2, 0) is 4.79 Å². The van der Waals surface area contributed by atoms with Gasteiger partial charge in [0.05, 0.1) is 11.4 Å². The number of rotatable bonds is 6. The van der Waals surface area contributed by atoms with E-state index in [9.17, 15) is 14.0 Å². The van der Waals surface area contributed by atoms with Crippen molar-refractivity contribution in [1.29, 1.82) is 0 Å². The molecule has 2 N–H and O–H groups in total. The largest absolute Gasteiger partial charge is 0.465 e. The summed E-state index contributed by atoms with van der Waals surface area (Å²) in [5, 5.41) is 11.1. The van der Waals surface area contributed by atoms with Crippen LogP contribution in [0.5, 0.6) is 0 Å². The van der Waals surface area contributed by atoms with E-state index in [1.54, 1.807) is 12.1 Å². The fraction of sp³-hybridized carbons (Fsp3) is 0.385. The molecule has 1 amide bonds. The van der Waals surface area contributed by atoms with E-state index in [-0.39, 0.29) is 22.8 Å². The number of Topliss-reactive ketones (excluding diaryl/α,β-unsaturated/α-hetero) is 1. The molecule has 19 heavy (non-hydrogen) atoms. The zero-order valence-electron chi connectivity index (χ0n) is 10.4. The third-order valence-corrected chi connectivity index (χ3v) is 3.45. The Hall–Kier alpha value is -1.43. The van der Waals surface area contributed by atoms with E-state index in [1.165, 1.54) is 12.1 Å². The highest BCUT2D eigenvalue weighted by atomic mass is 79.9. The van der Waals surface area contributed by atoms with E-state index in [0.717, 1.165) is 5.56 Å². The number of nitrogens with one attached hydrogen (secondary N) is 1. The Labute approximate surface area is 119 Å². The van der Waals surface area contributed by atoms with Gasteiger partial charge in [-0.25, -0.2) is 9.18 Å². The number of carbonyl (C=O) groups excluding carboxylic acids is 1. The zero-order chi connectivity index (χ0) is 14.4. The van der Waals surface area contributed by atoms with Crippen molar-refractivity contribution in [3.63, 3.8) is 0 Å². The molecule has 0 heterocycles. The molecular weight excluding hydrogens is 317 g/mol. The lowest BCUT2D eigenvalue weighted by atomic mass is 9.87. The summed E-state index contributed by atoms with van der Waals surface area (Å²) in [4.78, 5) is 22.6. The summed E-state index contributed by atoms with van der Waals surface area (Å²) in [6, 6.07) is 4.90. The summed E-state index contributed by atoms with van der Waals surface area (Å²) < 4.78 is 12.9. The Balaban J connectivity index is 3.04. The standard InChI is InChI=1S/C13H15BrFNO3/c1-2-10(8-3-5-9(15)6-4-8)12(11(17)7-14)16-13(18)19/h3-6,10,12,16H,2,7H2,1H3,(H,18,19)/t10-,12?/m0/s1. The number of alkyl halides is 1. The van der Waals surface area contributed by atoms with Crippen molar-refractivity contribution in [2.24, 2.45) is 0 Å². The van der Waals surface area contributed by atoms with Gasteiger partial charge in [-0.2, -0.15) is 0 Å².